The standard InChI is InChI=1S/C13H11F7O/c1-2-8-10(21,9-6-4-3-5-7-9)11(14,15)12(16,17)13(18,19)20/h2-7,21H,1,8H2/t10-/m1/s1. The Balaban J connectivity index is 3.50. The number of halogens is 7. The Labute approximate surface area is 115 Å². The third-order valence-electron chi connectivity index (χ3n) is 2.96. The molecule has 0 radical (unpaired) electrons. The van der Waals surface area contributed by atoms with E-state index in [0.29, 0.717) is 6.08 Å². The predicted molar refractivity (Wildman–Crippen MR) is 61.1 cm³/mol. The molecule has 0 fully saturated rings. The lowest BCUT2D eigenvalue weighted by Crippen LogP contribution is -2.62. The van der Waals surface area contributed by atoms with Crippen molar-refractivity contribution in [2.75, 3.05) is 0 Å². The largest absolute Gasteiger partial charge is 0.460 e. The minimum Gasteiger partial charge on any atom is -0.378 e. The van der Waals surface area contributed by atoms with Crippen LogP contribution in [0, 0.1) is 0 Å². The second kappa shape index (κ2) is 5.32. The number of benzene rings is 1. The van der Waals surface area contributed by atoms with Gasteiger partial charge in [-0.05, 0) is 5.56 Å². The molecule has 0 bridgehead atoms. The Bertz CT molecular complexity index is 495. The highest BCUT2D eigenvalue weighted by Gasteiger charge is 2.79. The van der Waals surface area contributed by atoms with Gasteiger partial charge in [-0.1, -0.05) is 36.4 Å². The fourth-order valence-corrected chi connectivity index (χ4v) is 1.79. The smallest absolute Gasteiger partial charge is 0.378 e. The molecular formula is C13H11F7O. The van der Waals surface area contributed by atoms with E-state index in [0.717, 1.165) is 24.3 Å². The fraction of sp³-hybridized carbons (Fsp3) is 0.385. The lowest BCUT2D eigenvalue weighted by atomic mass is 9.81. The molecule has 0 aliphatic carbocycles. The van der Waals surface area contributed by atoms with Crippen molar-refractivity contribution >= 4 is 0 Å². The monoisotopic (exact) mass is 316 g/mol. The van der Waals surface area contributed by atoms with Crippen LogP contribution in [0.5, 0.6) is 0 Å². The van der Waals surface area contributed by atoms with Gasteiger partial charge in [0.15, 0.2) is 5.60 Å². The van der Waals surface area contributed by atoms with E-state index in [-0.39, 0.29) is 0 Å². The van der Waals surface area contributed by atoms with Gasteiger partial charge in [-0.25, -0.2) is 0 Å². The van der Waals surface area contributed by atoms with Crippen molar-refractivity contribution in [1.29, 1.82) is 0 Å². The molecule has 0 aromatic heterocycles. The number of aliphatic hydroxyl groups is 1. The molecule has 8 heteroatoms. The van der Waals surface area contributed by atoms with E-state index in [1.165, 1.54) is 6.07 Å². The first-order valence-electron chi connectivity index (χ1n) is 5.63. The normalized spacial score (nSPS) is 16.4. The van der Waals surface area contributed by atoms with Crippen molar-refractivity contribution in [3.63, 3.8) is 0 Å². The molecule has 0 aliphatic heterocycles. The Hall–Kier alpha value is -1.57. The van der Waals surface area contributed by atoms with Crippen molar-refractivity contribution in [1.82, 2.24) is 0 Å². The number of hydrogen-bond acceptors (Lipinski definition) is 1. The minimum atomic E-state index is -6.51. The lowest BCUT2D eigenvalue weighted by molar-refractivity contribution is -0.390. The van der Waals surface area contributed by atoms with Crippen LogP contribution in [-0.4, -0.2) is 23.1 Å². The van der Waals surface area contributed by atoms with Gasteiger partial charge < -0.3 is 5.11 Å². The van der Waals surface area contributed by atoms with Crippen molar-refractivity contribution in [2.24, 2.45) is 0 Å². The van der Waals surface area contributed by atoms with Crippen molar-refractivity contribution in [3.8, 4) is 0 Å². The third kappa shape index (κ3) is 2.64. The van der Waals surface area contributed by atoms with E-state index in [4.69, 9.17) is 0 Å². The molecule has 1 nitrogen and oxygen atoms in total. The highest BCUT2D eigenvalue weighted by atomic mass is 19.4. The molecule has 1 rings (SSSR count). The summed E-state index contributed by atoms with van der Waals surface area (Å²) >= 11 is 0. The van der Waals surface area contributed by atoms with Crippen LogP contribution in [0.2, 0.25) is 0 Å². The molecule has 118 valence electrons. The maximum atomic E-state index is 13.9. The SMILES string of the molecule is C=CC[C@@](O)(c1ccccc1)C(F)(F)C(F)(F)C(F)(F)F. The molecule has 0 saturated heterocycles. The quantitative estimate of drug-likeness (QED) is 0.635. The van der Waals surface area contributed by atoms with E-state index in [9.17, 15) is 35.8 Å². The van der Waals surface area contributed by atoms with Gasteiger partial charge in [0.25, 0.3) is 0 Å². The summed E-state index contributed by atoms with van der Waals surface area (Å²) in [6.45, 7) is 3.01. The van der Waals surface area contributed by atoms with Gasteiger partial charge in [-0.2, -0.15) is 30.7 Å². The lowest BCUT2D eigenvalue weighted by Gasteiger charge is -2.40. The van der Waals surface area contributed by atoms with Gasteiger partial charge in [-0.3, -0.25) is 0 Å². The molecule has 1 aromatic carbocycles. The third-order valence-corrected chi connectivity index (χ3v) is 2.96. The van der Waals surface area contributed by atoms with Crippen molar-refractivity contribution in [3.05, 3.63) is 48.6 Å². The number of alkyl halides is 7. The zero-order chi connectivity index (χ0) is 16.5. The molecule has 21 heavy (non-hydrogen) atoms. The summed E-state index contributed by atoms with van der Waals surface area (Å²) in [5.41, 5.74) is -4.51. The van der Waals surface area contributed by atoms with Gasteiger partial charge in [0.2, 0.25) is 0 Å². The Morgan fingerprint density at radius 2 is 1.38 bits per heavy atom. The topological polar surface area (TPSA) is 20.2 Å². The van der Waals surface area contributed by atoms with Crippen LogP contribution in [0.4, 0.5) is 30.7 Å². The molecule has 0 saturated carbocycles. The summed E-state index contributed by atoms with van der Waals surface area (Å²) in [5.74, 6) is -12.2. The summed E-state index contributed by atoms with van der Waals surface area (Å²) in [4.78, 5) is 0. The highest BCUT2D eigenvalue weighted by Crippen LogP contribution is 2.55. The highest BCUT2D eigenvalue weighted by molar-refractivity contribution is 5.28. The van der Waals surface area contributed by atoms with E-state index < -0.39 is 35.6 Å². The Morgan fingerprint density at radius 3 is 1.76 bits per heavy atom. The summed E-state index contributed by atoms with van der Waals surface area (Å²) in [5, 5.41) is 9.91. The zero-order valence-corrected chi connectivity index (χ0v) is 10.5. The Kier molecular flexibility index (Phi) is 4.43. The molecule has 0 amide bonds. The van der Waals surface area contributed by atoms with Gasteiger partial charge in [0, 0.05) is 6.42 Å². The molecule has 0 spiro atoms. The van der Waals surface area contributed by atoms with Crippen LogP contribution in [0.3, 0.4) is 0 Å². The van der Waals surface area contributed by atoms with Gasteiger partial charge in [-0.15, -0.1) is 6.58 Å². The zero-order valence-electron chi connectivity index (χ0n) is 10.5. The van der Waals surface area contributed by atoms with Crippen LogP contribution in [0.15, 0.2) is 43.0 Å². The van der Waals surface area contributed by atoms with Gasteiger partial charge >= 0.3 is 18.0 Å². The molecule has 0 unspecified atom stereocenters. The fourth-order valence-electron chi connectivity index (χ4n) is 1.79. The Morgan fingerprint density at radius 1 is 0.905 bits per heavy atom. The average molecular weight is 316 g/mol. The minimum absolute atomic E-state index is 0.646. The second-order valence-electron chi connectivity index (χ2n) is 4.37. The first-order chi connectivity index (χ1) is 9.42. The van der Waals surface area contributed by atoms with E-state index in [2.05, 4.69) is 6.58 Å². The van der Waals surface area contributed by atoms with Crippen LogP contribution in [0.25, 0.3) is 0 Å². The molecule has 1 N–H and O–H groups in total. The van der Waals surface area contributed by atoms with Gasteiger partial charge in [0.1, 0.15) is 0 Å². The second-order valence-corrected chi connectivity index (χ2v) is 4.37. The number of rotatable bonds is 5. The van der Waals surface area contributed by atoms with Crippen LogP contribution < -0.4 is 0 Å². The molecular weight excluding hydrogens is 305 g/mol. The van der Waals surface area contributed by atoms with Crippen molar-refractivity contribution < 1.29 is 35.8 Å². The summed E-state index contributed by atoms with van der Waals surface area (Å²) < 4.78 is 90.7. The molecule has 0 aliphatic rings. The van der Waals surface area contributed by atoms with E-state index >= 15 is 0 Å². The average Bonchev–Trinajstić information content (AvgIpc) is 2.38. The molecule has 1 aromatic rings. The van der Waals surface area contributed by atoms with E-state index in [1.807, 2.05) is 0 Å². The maximum Gasteiger partial charge on any atom is 0.460 e. The van der Waals surface area contributed by atoms with Crippen LogP contribution in [0.1, 0.15) is 12.0 Å². The van der Waals surface area contributed by atoms with Crippen LogP contribution in [-0.2, 0) is 5.60 Å². The van der Waals surface area contributed by atoms with Crippen LogP contribution >= 0.6 is 0 Å². The first-order valence-corrected chi connectivity index (χ1v) is 5.63. The first kappa shape index (κ1) is 17.5. The van der Waals surface area contributed by atoms with Crippen molar-refractivity contribution in [2.45, 2.75) is 30.0 Å². The predicted octanol–water partition coefficient (Wildman–Crippen LogP) is 4.28. The molecule has 1 atom stereocenters. The number of hydrogen-bond donors (Lipinski definition) is 1. The maximum absolute atomic E-state index is 13.9. The summed E-state index contributed by atoms with van der Waals surface area (Å²) in [6.07, 6.45) is -7.05. The molecule has 0 heterocycles. The summed E-state index contributed by atoms with van der Waals surface area (Å²) in [7, 11) is 0. The summed E-state index contributed by atoms with van der Waals surface area (Å²) in [6, 6.07) is 5.27. The van der Waals surface area contributed by atoms with Gasteiger partial charge in [0.05, 0.1) is 0 Å². The van der Waals surface area contributed by atoms with E-state index in [1.54, 1.807) is 0 Å².